The predicted molar refractivity (Wildman–Crippen MR) is 53.3 cm³/mol. The Morgan fingerprint density at radius 3 is 2.40 bits per heavy atom. The van der Waals surface area contributed by atoms with Gasteiger partial charge in [0, 0.05) is 0 Å². The summed E-state index contributed by atoms with van der Waals surface area (Å²) in [5.41, 5.74) is -4.45. The van der Waals surface area contributed by atoms with Crippen LogP contribution in [-0.2, 0) is 9.53 Å². The summed E-state index contributed by atoms with van der Waals surface area (Å²) in [6.07, 6.45) is 2.37. The molecule has 0 unspecified atom stereocenters. The Hall–Kier alpha value is -0.650. The van der Waals surface area contributed by atoms with E-state index >= 15 is 0 Å². The Bertz CT molecular complexity index is 236. The molecule has 0 aliphatic heterocycles. The van der Waals surface area contributed by atoms with E-state index in [0.29, 0.717) is 12.8 Å². The summed E-state index contributed by atoms with van der Waals surface area (Å²) >= 11 is -0.424. The Balaban J connectivity index is 4.51. The van der Waals surface area contributed by atoms with Crippen LogP contribution in [0.1, 0.15) is 26.7 Å². The Morgan fingerprint density at radius 1 is 1.40 bits per heavy atom. The van der Waals surface area contributed by atoms with Crippen LogP contribution in [0.5, 0.6) is 0 Å². The van der Waals surface area contributed by atoms with Gasteiger partial charge < -0.3 is 4.74 Å². The van der Waals surface area contributed by atoms with Gasteiger partial charge in [-0.05, 0) is 25.1 Å². The van der Waals surface area contributed by atoms with Crippen molar-refractivity contribution >= 4 is 17.7 Å². The zero-order valence-electron chi connectivity index (χ0n) is 8.56. The molecule has 0 aliphatic carbocycles. The molecule has 88 valence electrons. The number of hydrogen-bond donors (Lipinski definition) is 0. The summed E-state index contributed by atoms with van der Waals surface area (Å²) in [4.78, 5) is 10.7. The third-order valence-electron chi connectivity index (χ3n) is 1.32. The molecule has 2 nitrogen and oxygen atoms in total. The maximum absolute atomic E-state index is 12.0. The molecule has 0 saturated carbocycles. The first kappa shape index (κ1) is 14.3. The van der Waals surface area contributed by atoms with Gasteiger partial charge in [-0.3, -0.25) is 0 Å². The maximum atomic E-state index is 12.0. The van der Waals surface area contributed by atoms with Gasteiger partial charge in [-0.25, -0.2) is 4.79 Å². The monoisotopic (exact) mass is 242 g/mol. The normalized spacial score (nSPS) is 12.7. The van der Waals surface area contributed by atoms with Gasteiger partial charge in [0.2, 0.25) is 0 Å². The van der Waals surface area contributed by atoms with E-state index in [9.17, 15) is 18.0 Å². The molecule has 0 N–H and O–H groups in total. The van der Waals surface area contributed by atoms with Gasteiger partial charge in [0.15, 0.2) is 0 Å². The second-order valence-electron chi connectivity index (χ2n) is 2.63. The lowest BCUT2D eigenvalue weighted by Gasteiger charge is -2.08. The van der Waals surface area contributed by atoms with Gasteiger partial charge in [-0.1, -0.05) is 19.4 Å². The molecule has 0 amide bonds. The van der Waals surface area contributed by atoms with E-state index in [2.05, 4.69) is 4.74 Å². The van der Waals surface area contributed by atoms with Gasteiger partial charge in [0.1, 0.15) is 0 Å². The lowest BCUT2D eigenvalue weighted by molar-refractivity contribution is -0.137. The number of thioether (sulfide) groups is 1. The standard InChI is InChI=1S/C9H13F3O2S/c1-3-5-6-7(8(13)14-4-2)15-9(10,11)12/h6H,3-5H2,1-2H3/b7-6-. The Labute approximate surface area is 90.9 Å². The number of carbonyl (C=O) groups excluding carboxylic acids is 1. The van der Waals surface area contributed by atoms with Crippen molar-refractivity contribution in [2.24, 2.45) is 0 Å². The van der Waals surface area contributed by atoms with Crippen LogP contribution < -0.4 is 0 Å². The van der Waals surface area contributed by atoms with E-state index in [0.717, 1.165) is 0 Å². The number of ether oxygens (including phenoxy) is 1. The van der Waals surface area contributed by atoms with Crippen LogP contribution in [0.3, 0.4) is 0 Å². The summed E-state index contributed by atoms with van der Waals surface area (Å²) in [7, 11) is 0. The molecule has 0 heterocycles. The van der Waals surface area contributed by atoms with E-state index in [-0.39, 0.29) is 11.5 Å². The van der Waals surface area contributed by atoms with Gasteiger partial charge in [0.05, 0.1) is 11.5 Å². The van der Waals surface area contributed by atoms with Crippen molar-refractivity contribution in [2.45, 2.75) is 32.2 Å². The number of unbranched alkanes of at least 4 members (excludes halogenated alkanes) is 1. The first-order chi connectivity index (χ1) is 6.90. The highest BCUT2D eigenvalue weighted by molar-refractivity contribution is 8.04. The van der Waals surface area contributed by atoms with Crippen molar-refractivity contribution in [3.63, 3.8) is 0 Å². The molecule has 0 aromatic carbocycles. The molecule has 0 spiro atoms. The van der Waals surface area contributed by atoms with Crippen LogP contribution in [-0.4, -0.2) is 18.1 Å². The molecule has 6 heteroatoms. The third-order valence-corrected chi connectivity index (χ3v) is 2.11. The fourth-order valence-corrected chi connectivity index (χ4v) is 1.36. The fraction of sp³-hybridized carbons (Fsp3) is 0.667. The number of allylic oxidation sites excluding steroid dienone is 1. The SMILES string of the molecule is CCC/C=C(\SC(F)(F)F)C(=O)OCC. The van der Waals surface area contributed by atoms with E-state index in [4.69, 9.17) is 0 Å². The quantitative estimate of drug-likeness (QED) is 0.545. The lowest BCUT2D eigenvalue weighted by atomic mass is 10.3. The minimum absolute atomic E-state index is 0.0702. The number of esters is 1. The highest BCUT2D eigenvalue weighted by Crippen LogP contribution is 2.37. The molecule has 0 atom stereocenters. The molecule has 0 fully saturated rings. The highest BCUT2D eigenvalue weighted by atomic mass is 32.2. The van der Waals surface area contributed by atoms with Crippen LogP contribution in [0.25, 0.3) is 0 Å². The molecule has 0 rings (SSSR count). The average Bonchev–Trinajstić information content (AvgIpc) is 2.10. The molecule has 15 heavy (non-hydrogen) atoms. The van der Waals surface area contributed by atoms with Crippen LogP contribution in [0.2, 0.25) is 0 Å². The average molecular weight is 242 g/mol. The second kappa shape index (κ2) is 6.76. The van der Waals surface area contributed by atoms with Gasteiger partial charge in [-0.2, -0.15) is 13.2 Å². The smallest absolute Gasteiger partial charge is 0.446 e. The molecule has 0 bridgehead atoms. The number of carbonyl (C=O) groups is 1. The number of alkyl halides is 3. The molecule has 0 aromatic heterocycles. The van der Waals surface area contributed by atoms with Crippen LogP contribution >= 0.6 is 11.8 Å². The molecular formula is C9H13F3O2S. The lowest BCUT2D eigenvalue weighted by Crippen LogP contribution is -2.10. The van der Waals surface area contributed by atoms with Crippen LogP contribution in [0, 0.1) is 0 Å². The van der Waals surface area contributed by atoms with Crippen molar-refractivity contribution in [3.05, 3.63) is 11.0 Å². The molecule has 0 saturated heterocycles. The largest absolute Gasteiger partial charge is 0.462 e. The molecule has 0 aromatic rings. The van der Waals surface area contributed by atoms with E-state index in [1.54, 1.807) is 6.92 Å². The number of halogens is 3. The molecule has 0 aliphatic rings. The summed E-state index contributed by atoms with van der Waals surface area (Å²) < 4.78 is 40.7. The Kier molecular flexibility index (Phi) is 6.47. The van der Waals surface area contributed by atoms with Gasteiger partial charge in [0.25, 0.3) is 0 Å². The zero-order valence-corrected chi connectivity index (χ0v) is 9.37. The number of hydrogen-bond acceptors (Lipinski definition) is 3. The maximum Gasteiger partial charge on any atom is 0.446 e. The minimum Gasteiger partial charge on any atom is -0.462 e. The van der Waals surface area contributed by atoms with E-state index in [1.807, 2.05) is 6.92 Å². The van der Waals surface area contributed by atoms with Gasteiger partial charge in [-0.15, -0.1) is 0 Å². The van der Waals surface area contributed by atoms with Crippen molar-refractivity contribution in [2.75, 3.05) is 6.61 Å². The first-order valence-corrected chi connectivity index (χ1v) is 5.35. The zero-order chi connectivity index (χ0) is 11.9. The van der Waals surface area contributed by atoms with Crippen molar-refractivity contribution in [1.82, 2.24) is 0 Å². The topological polar surface area (TPSA) is 26.3 Å². The van der Waals surface area contributed by atoms with Crippen molar-refractivity contribution in [1.29, 1.82) is 0 Å². The molecule has 0 radical (unpaired) electrons. The third kappa shape index (κ3) is 7.30. The summed E-state index contributed by atoms with van der Waals surface area (Å²) in [5.74, 6) is -0.909. The summed E-state index contributed by atoms with van der Waals surface area (Å²) in [6, 6.07) is 0. The first-order valence-electron chi connectivity index (χ1n) is 4.53. The van der Waals surface area contributed by atoms with E-state index < -0.39 is 23.2 Å². The summed E-state index contributed by atoms with van der Waals surface area (Å²) in [6.45, 7) is 3.44. The fourth-order valence-electron chi connectivity index (χ4n) is 0.769. The van der Waals surface area contributed by atoms with Gasteiger partial charge >= 0.3 is 11.5 Å². The predicted octanol–water partition coefficient (Wildman–Crippen LogP) is 3.49. The number of rotatable bonds is 5. The Morgan fingerprint density at radius 2 is 2.00 bits per heavy atom. The second-order valence-corrected chi connectivity index (χ2v) is 3.73. The van der Waals surface area contributed by atoms with Crippen molar-refractivity contribution < 1.29 is 22.7 Å². The molecular weight excluding hydrogens is 229 g/mol. The minimum atomic E-state index is -4.45. The summed E-state index contributed by atoms with van der Waals surface area (Å²) in [5, 5.41) is 0. The van der Waals surface area contributed by atoms with Crippen molar-refractivity contribution in [3.8, 4) is 0 Å². The van der Waals surface area contributed by atoms with Crippen LogP contribution in [0.4, 0.5) is 13.2 Å². The highest BCUT2D eigenvalue weighted by Gasteiger charge is 2.33. The van der Waals surface area contributed by atoms with Crippen LogP contribution in [0.15, 0.2) is 11.0 Å². The van der Waals surface area contributed by atoms with E-state index in [1.165, 1.54) is 6.08 Å².